The van der Waals surface area contributed by atoms with E-state index in [0.29, 0.717) is 16.5 Å². The highest BCUT2D eigenvalue weighted by Crippen LogP contribution is 2.25. The highest BCUT2D eigenvalue weighted by Gasteiger charge is 2.12. The molecule has 2 heterocycles. The number of aliphatic hydroxyl groups excluding tert-OH is 1. The molecule has 1 aromatic carbocycles. The fraction of sp³-hybridized carbons (Fsp3) is 0.125. The molecule has 3 aromatic rings. The molecule has 0 aliphatic rings. The van der Waals surface area contributed by atoms with E-state index in [0.717, 1.165) is 3.57 Å². The van der Waals surface area contributed by atoms with Gasteiger partial charge in [0.15, 0.2) is 6.29 Å². The van der Waals surface area contributed by atoms with Crippen LogP contribution >= 0.6 is 22.6 Å². The first-order valence-corrected chi connectivity index (χ1v) is 8.09. The first-order valence-electron chi connectivity index (χ1n) is 7.01. The summed E-state index contributed by atoms with van der Waals surface area (Å²) in [6, 6.07) is 6.34. The first-order chi connectivity index (χ1) is 11.5. The van der Waals surface area contributed by atoms with Crippen LogP contribution < -0.4 is 10.9 Å². The molecule has 124 valence electrons. The van der Waals surface area contributed by atoms with Crippen molar-refractivity contribution >= 4 is 44.7 Å². The molecule has 0 unspecified atom stereocenters. The Hall–Kier alpha value is -2.04. The van der Waals surface area contributed by atoms with Gasteiger partial charge in [0.25, 0.3) is 5.56 Å². The molecule has 24 heavy (non-hydrogen) atoms. The maximum Gasteiger partial charge on any atom is 0.260 e. The number of aromatic nitrogens is 2. The van der Waals surface area contributed by atoms with Gasteiger partial charge in [-0.1, -0.05) is 0 Å². The van der Waals surface area contributed by atoms with Gasteiger partial charge in [0, 0.05) is 21.4 Å². The number of hydrogen-bond donors (Lipinski definition) is 3. The number of fused-ring (bicyclic) bond motifs is 1. The summed E-state index contributed by atoms with van der Waals surface area (Å²) in [5.41, 5.74) is 0.150. The fourth-order valence-corrected chi connectivity index (χ4v) is 2.83. The summed E-state index contributed by atoms with van der Waals surface area (Å²) in [6.07, 6.45) is 2.76. The lowest BCUT2D eigenvalue weighted by atomic mass is 10.2. The van der Waals surface area contributed by atoms with Gasteiger partial charge in [-0.25, -0.2) is 4.39 Å². The van der Waals surface area contributed by atoms with E-state index in [1.165, 1.54) is 29.2 Å². The van der Waals surface area contributed by atoms with Crippen molar-refractivity contribution in [2.75, 3.05) is 5.32 Å². The van der Waals surface area contributed by atoms with Crippen LogP contribution in [-0.4, -0.2) is 26.1 Å². The van der Waals surface area contributed by atoms with Gasteiger partial charge in [0.2, 0.25) is 0 Å². The summed E-state index contributed by atoms with van der Waals surface area (Å²) in [7, 11) is 0. The second-order valence-corrected chi connectivity index (χ2v) is 6.40. The molecular formula is C16H13FIN3O3. The van der Waals surface area contributed by atoms with Crippen LogP contribution in [0.2, 0.25) is 0 Å². The Kier molecular flexibility index (Phi) is 4.78. The number of hydrogen-bond acceptors (Lipinski definition) is 5. The van der Waals surface area contributed by atoms with Crippen molar-refractivity contribution in [3.63, 3.8) is 0 Å². The molecule has 0 saturated heterocycles. The monoisotopic (exact) mass is 441 g/mol. The third kappa shape index (κ3) is 3.40. The fourth-order valence-electron chi connectivity index (χ4n) is 2.37. The number of halogens is 2. The lowest BCUT2D eigenvalue weighted by Gasteiger charge is -2.12. The van der Waals surface area contributed by atoms with Crippen molar-refractivity contribution < 1.29 is 14.6 Å². The SMILES string of the molecule is O=c1c2c(Nc3ccc(I)cc3F)cncc2ccn1CC(O)O. The first kappa shape index (κ1) is 16.8. The summed E-state index contributed by atoms with van der Waals surface area (Å²) < 4.78 is 16.0. The van der Waals surface area contributed by atoms with E-state index < -0.39 is 17.7 Å². The Morgan fingerprint density at radius 1 is 1.25 bits per heavy atom. The van der Waals surface area contributed by atoms with Gasteiger partial charge >= 0.3 is 0 Å². The lowest BCUT2D eigenvalue weighted by Crippen LogP contribution is -2.26. The van der Waals surface area contributed by atoms with E-state index in [9.17, 15) is 9.18 Å². The minimum atomic E-state index is -1.65. The number of nitrogens with zero attached hydrogens (tertiary/aromatic N) is 2. The van der Waals surface area contributed by atoms with Gasteiger partial charge in [-0.3, -0.25) is 9.78 Å². The molecule has 8 heteroatoms. The van der Waals surface area contributed by atoms with E-state index in [-0.39, 0.29) is 12.2 Å². The molecule has 0 atom stereocenters. The summed E-state index contributed by atoms with van der Waals surface area (Å²) in [5, 5.41) is 21.9. The molecule has 2 aromatic heterocycles. The maximum atomic E-state index is 14.1. The smallest absolute Gasteiger partial charge is 0.260 e. The number of anilines is 2. The van der Waals surface area contributed by atoms with Crippen LogP contribution in [0.1, 0.15) is 0 Å². The number of aliphatic hydroxyl groups is 2. The molecule has 0 fully saturated rings. The van der Waals surface area contributed by atoms with Crippen LogP contribution in [0, 0.1) is 9.39 Å². The quantitative estimate of drug-likeness (QED) is 0.427. The zero-order valence-corrected chi connectivity index (χ0v) is 14.4. The van der Waals surface area contributed by atoms with Crippen molar-refractivity contribution in [3.8, 4) is 0 Å². The zero-order valence-electron chi connectivity index (χ0n) is 12.3. The van der Waals surface area contributed by atoms with Gasteiger partial charge < -0.3 is 20.1 Å². The molecule has 6 nitrogen and oxygen atoms in total. The van der Waals surface area contributed by atoms with E-state index in [1.807, 2.05) is 22.6 Å². The summed E-state index contributed by atoms with van der Waals surface area (Å²) in [6.45, 7) is -0.256. The lowest BCUT2D eigenvalue weighted by molar-refractivity contribution is -0.0518. The molecule has 0 spiro atoms. The van der Waals surface area contributed by atoms with Crippen molar-refractivity contribution in [1.29, 1.82) is 0 Å². The predicted molar refractivity (Wildman–Crippen MR) is 96.6 cm³/mol. The highest BCUT2D eigenvalue weighted by atomic mass is 127. The van der Waals surface area contributed by atoms with Crippen molar-refractivity contribution in [3.05, 3.63) is 62.6 Å². The van der Waals surface area contributed by atoms with Gasteiger partial charge in [-0.15, -0.1) is 0 Å². The van der Waals surface area contributed by atoms with E-state index >= 15 is 0 Å². The molecule has 0 saturated carbocycles. The van der Waals surface area contributed by atoms with Crippen LogP contribution in [0.25, 0.3) is 10.8 Å². The number of pyridine rings is 2. The zero-order chi connectivity index (χ0) is 17.3. The number of rotatable bonds is 4. The molecule has 0 bridgehead atoms. The van der Waals surface area contributed by atoms with E-state index in [1.54, 1.807) is 18.2 Å². The average Bonchev–Trinajstić information content (AvgIpc) is 2.52. The molecule has 0 aliphatic carbocycles. The van der Waals surface area contributed by atoms with Crippen molar-refractivity contribution in [2.45, 2.75) is 12.8 Å². The van der Waals surface area contributed by atoms with Gasteiger partial charge in [0.05, 0.1) is 29.5 Å². The maximum absolute atomic E-state index is 14.1. The Labute approximate surface area is 149 Å². The largest absolute Gasteiger partial charge is 0.367 e. The Bertz CT molecular complexity index is 959. The average molecular weight is 441 g/mol. The molecule has 0 radical (unpaired) electrons. The third-order valence-electron chi connectivity index (χ3n) is 3.44. The van der Waals surface area contributed by atoms with E-state index in [2.05, 4.69) is 10.3 Å². The Morgan fingerprint density at radius 2 is 2.04 bits per heavy atom. The van der Waals surface area contributed by atoms with Crippen molar-refractivity contribution in [2.24, 2.45) is 0 Å². The second kappa shape index (κ2) is 6.83. The predicted octanol–water partition coefficient (Wildman–Crippen LogP) is 2.19. The van der Waals surface area contributed by atoms with Crippen molar-refractivity contribution in [1.82, 2.24) is 9.55 Å². The number of nitrogens with one attached hydrogen (secondary N) is 1. The number of benzene rings is 1. The highest BCUT2D eigenvalue weighted by molar-refractivity contribution is 14.1. The standard InChI is InChI=1S/C16H13FIN3O3/c17-11-5-10(18)1-2-12(11)20-13-7-19-6-9-3-4-21(8-14(22)23)16(24)15(9)13/h1-7,14,20,22-23H,8H2. The third-order valence-corrected chi connectivity index (χ3v) is 4.12. The molecule has 0 aliphatic heterocycles. The minimum Gasteiger partial charge on any atom is -0.367 e. The molecule has 0 amide bonds. The molecular weight excluding hydrogens is 428 g/mol. The van der Waals surface area contributed by atoms with E-state index in [4.69, 9.17) is 10.2 Å². The normalized spacial score (nSPS) is 11.2. The molecule has 3 rings (SSSR count). The van der Waals surface area contributed by atoms with Crippen LogP contribution in [0.3, 0.4) is 0 Å². The second-order valence-electron chi connectivity index (χ2n) is 5.15. The summed E-state index contributed by atoms with van der Waals surface area (Å²) >= 11 is 2.01. The van der Waals surface area contributed by atoms with Crippen LogP contribution in [0.4, 0.5) is 15.8 Å². The topological polar surface area (TPSA) is 87.4 Å². The van der Waals surface area contributed by atoms with Crippen LogP contribution in [0.5, 0.6) is 0 Å². The van der Waals surface area contributed by atoms with Gasteiger partial charge in [-0.05, 0) is 46.9 Å². The molecule has 3 N–H and O–H groups in total. The Balaban J connectivity index is 2.12. The Morgan fingerprint density at radius 3 is 2.75 bits per heavy atom. The summed E-state index contributed by atoms with van der Waals surface area (Å²) in [5.74, 6) is -0.444. The minimum absolute atomic E-state index is 0.224. The summed E-state index contributed by atoms with van der Waals surface area (Å²) in [4.78, 5) is 16.6. The van der Waals surface area contributed by atoms with Crippen LogP contribution in [0.15, 0.2) is 47.7 Å². The van der Waals surface area contributed by atoms with Gasteiger partial charge in [-0.2, -0.15) is 0 Å². The van der Waals surface area contributed by atoms with Crippen LogP contribution in [-0.2, 0) is 6.54 Å². The van der Waals surface area contributed by atoms with Gasteiger partial charge in [0.1, 0.15) is 5.82 Å².